The summed E-state index contributed by atoms with van der Waals surface area (Å²) in [7, 11) is 1.71. The summed E-state index contributed by atoms with van der Waals surface area (Å²) < 4.78 is 0. The molecule has 1 N–H and O–H groups in total. The van der Waals surface area contributed by atoms with Gasteiger partial charge in [-0.1, -0.05) is 35.9 Å². The van der Waals surface area contributed by atoms with Crippen molar-refractivity contribution in [2.75, 3.05) is 20.1 Å². The van der Waals surface area contributed by atoms with E-state index in [2.05, 4.69) is 10.3 Å². The van der Waals surface area contributed by atoms with Gasteiger partial charge in [0.05, 0.1) is 23.9 Å². The van der Waals surface area contributed by atoms with Crippen LogP contribution in [0.5, 0.6) is 0 Å². The fourth-order valence-electron chi connectivity index (χ4n) is 3.61. The minimum Gasteiger partial charge on any atom is -0.333 e. The first kappa shape index (κ1) is 17.3. The molecule has 0 fully saturated rings. The van der Waals surface area contributed by atoms with Crippen LogP contribution in [0.15, 0.2) is 59.9 Å². The van der Waals surface area contributed by atoms with Crippen molar-refractivity contribution in [3.8, 4) is 0 Å². The number of carbonyl (C=O) groups excluding carboxylic acids is 2. The summed E-state index contributed by atoms with van der Waals surface area (Å²) in [5, 5.41) is 2.97. The molecule has 1 atom stereocenters. The van der Waals surface area contributed by atoms with Crippen LogP contribution in [-0.2, 0) is 11.2 Å². The molecule has 0 aliphatic carbocycles. The van der Waals surface area contributed by atoms with Crippen LogP contribution in [-0.4, -0.2) is 46.9 Å². The quantitative estimate of drug-likeness (QED) is 0.908. The molecule has 3 heterocycles. The molecule has 2 aliphatic heterocycles. The molecular formula is C21H22N4O2. The third-order valence-electron chi connectivity index (χ3n) is 5.21. The Bertz CT molecular complexity index is 906. The third kappa shape index (κ3) is 3.18. The summed E-state index contributed by atoms with van der Waals surface area (Å²) in [5.74, 6) is -0.0154. The molecule has 27 heavy (non-hydrogen) atoms. The number of nitrogens with one attached hydrogen (secondary N) is 1. The number of urea groups is 1. The first-order valence-electron chi connectivity index (χ1n) is 9.07. The van der Waals surface area contributed by atoms with Crippen LogP contribution in [0.25, 0.3) is 0 Å². The van der Waals surface area contributed by atoms with Crippen LogP contribution < -0.4 is 5.32 Å². The largest absolute Gasteiger partial charge is 0.333 e. The summed E-state index contributed by atoms with van der Waals surface area (Å²) in [4.78, 5) is 33.2. The molecule has 0 saturated carbocycles. The molecule has 0 bridgehead atoms. The Morgan fingerprint density at radius 2 is 1.93 bits per heavy atom. The van der Waals surface area contributed by atoms with E-state index < -0.39 is 6.04 Å². The van der Waals surface area contributed by atoms with Crippen molar-refractivity contribution in [3.63, 3.8) is 0 Å². The normalized spacial score (nSPS) is 19.4. The van der Waals surface area contributed by atoms with Gasteiger partial charge < -0.3 is 10.2 Å². The van der Waals surface area contributed by atoms with E-state index in [-0.39, 0.29) is 11.9 Å². The Kier molecular flexibility index (Phi) is 4.39. The van der Waals surface area contributed by atoms with Crippen LogP contribution in [0.1, 0.15) is 22.9 Å². The number of amides is 3. The molecule has 2 aromatic rings. The van der Waals surface area contributed by atoms with Gasteiger partial charge in [-0.15, -0.1) is 0 Å². The van der Waals surface area contributed by atoms with Gasteiger partial charge in [-0.2, -0.15) is 0 Å². The van der Waals surface area contributed by atoms with Crippen LogP contribution in [0, 0.1) is 6.92 Å². The van der Waals surface area contributed by atoms with Gasteiger partial charge in [0.2, 0.25) is 0 Å². The van der Waals surface area contributed by atoms with E-state index >= 15 is 0 Å². The number of pyridine rings is 1. The lowest BCUT2D eigenvalue weighted by Crippen LogP contribution is -2.45. The second kappa shape index (κ2) is 6.87. The van der Waals surface area contributed by atoms with E-state index in [0.717, 1.165) is 22.5 Å². The zero-order valence-corrected chi connectivity index (χ0v) is 15.5. The number of aryl methyl sites for hydroxylation is 1. The highest BCUT2D eigenvalue weighted by Gasteiger charge is 2.42. The van der Waals surface area contributed by atoms with Gasteiger partial charge in [0.1, 0.15) is 0 Å². The lowest BCUT2D eigenvalue weighted by molar-refractivity contribution is -0.125. The molecule has 0 unspecified atom stereocenters. The summed E-state index contributed by atoms with van der Waals surface area (Å²) >= 11 is 0. The number of benzene rings is 1. The maximum Gasteiger partial charge on any atom is 0.322 e. The molecule has 0 radical (unpaired) electrons. The summed E-state index contributed by atoms with van der Waals surface area (Å²) in [6.07, 6.45) is 2.45. The SMILES string of the molecule is Cc1ccc([C@H]2NC(=O)N(C)C3=C2C(=O)N(CCc2ccccn2)C3)cc1. The number of likely N-dealkylation sites (N-methyl/N-ethyl adjacent to an activating group) is 1. The second-order valence-corrected chi connectivity index (χ2v) is 7.01. The number of nitrogens with zero attached hydrogens (tertiary/aromatic N) is 3. The highest BCUT2D eigenvalue weighted by molar-refractivity contribution is 6.01. The number of aromatic nitrogens is 1. The van der Waals surface area contributed by atoms with Crippen molar-refractivity contribution in [2.45, 2.75) is 19.4 Å². The first-order valence-corrected chi connectivity index (χ1v) is 9.07. The predicted molar refractivity (Wildman–Crippen MR) is 102 cm³/mol. The lowest BCUT2D eigenvalue weighted by Gasteiger charge is -2.31. The van der Waals surface area contributed by atoms with Gasteiger partial charge in [-0.05, 0) is 24.6 Å². The van der Waals surface area contributed by atoms with Crippen LogP contribution in [0.2, 0.25) is 0 Å². The van der Waals surface area contributed by atoms with Crippen LogP contribution in [0.3, 0.4) is 0 Å². The number of hydrogen-bond acceptors (Lipinski definition) is 3. The Morgan fingerprint density at radius 1 is 1.15 bits per heavy atom. The van der Waals surface area contributed by atoms with Crippen LogP contribution >= 0.6 is 0 Å². The van der Waals surface area contributed by atoms with Gasteiger partial charge in [0, 0.05) is 31.9 Å². The molecule has 6 nitrogen and oxygen atoms in total. The standard InChI is InChI=1S/C21H22N4O2/c1-14-6-8-15(9-7-14)19-18-17(24(2)21(27)23-19)13-25(20(18)26)12-10-16-5-3-4-11-22-16/h3-9,11,19H,10,12-13H2,1-2H3,(H,23,27)/t19-/m1/s1. The van der Waals surface area contributed by atoms with Crippen LogP contribution in [0.4, 0.5) is 4.79 Å². The number of hydrogen-bond donors (Lipinski definition) is 1. The van der Waals surface area contributed by atoms with Gasteiger partial charge in [-0.3, -0.25) is 14.7 Å². The highest BCUT2D eigenvalue weighted by atomic mass is 16.2. The van der Waals surface area contributed by atoms with E-state index in [1.54, 1.807) is 23.0 Å². The molecule has 3 amide bonds. The fourth-order valence-corrected chi connectivity index (χ4v) is 3.61. The summed E-state index contributed by atoms with van der Waals surface area (Å²) in [6.45, 7) is 3.04. The Labute approximate surface area is 158 Å². The number of carbonyl (C=O) groups is 2. The Hall–Kier alpha value is -3.15. The summed E-state index contributed by atoms with van der Waals surface area (Å²) in [5.41, 5.74) is 4.47. The molecule has 6 heteroatoms. The van der Waals surface area contributed by atoms with Gasteiger partial charge in [0.15, 0.2) is 0 Å². The summed E-state index contributed by atoms with van der Waals surface area (Å²) in [6, 6.07) is 13.1. The molecule has 0 spiro atoms. The third-order valence-corrected chi connectivity index (χ3v) is 5.21. The maximum atomic E-state index is 13.1. The van der Waals surface area contributed by atoms with Gasteiger partial charge >= 0.3 is 6.03 Å². The number of rotatable bonds is 4. The highest BCUT2D eigenvalue weighted by Crippen LogP contribution is 2.35. The minimum absolute atomic E-state index is 0.0154. The zero-order valence-electron chi connectivity index (χ0n) is 15.5. The molecule has 1 aromatic heterocycles. The molecule has 0 saturated heterocycles. The molecular weight excluding hydrogens is 340 g/mol. The van der Waals surface area contributed by atoms with Crippen molar-refractivity contribution >= 4 is 11.9 Å². The van der Waals surface area contributed by atoms with Crippen molar-refractivity contribution in [1.82, 2.24) is 20.1 Å². The average Bonchev–Trinajstić information content (AvgIpc) is 3.01. The Balaban J connectivity index is 1.59. The van der Waals surface area contributed by atoms with Crippen molar-refractivity contribution < 1.29 is 9.59 Å². The monoisotopic (exact) mass is 362 g/mol. The minimum atomic E-state index is -0.406. The average molecular weight is 362 g/mol. The van der Waals surface area contributed by atoms with E-state index in [1.165, 1.54) is 0 Å². The lowest BCUT2D eigenvalue weighted by atomic mass is 9.95. The van der Waals surface area contributed by atoms with Crippen molar-refractivity contribution in [2.24, 2.45) is 0 Å². The fraction of sp³-hybridized carbons (Fsp3) is 0.286. The molecule has 1 aromatic carbocycles. The van der Waals surface area contributed by atoms with Crippen molar-refractivity contribution in [3.05, 3.63) is 76.8 Å². The zero-order chi connectivity index (χ0) is 19.0. The molecule has 138 valence electrons. The van der Waals surface area contributed by atoms with E-state index in [4.69, 9.17) is 0 Å². The van der Waals surface area contributed by atoms with E-state index in [1.807, 2.05) is 49.4 Å². The molecule has 2 aliphatic rings. The second-order valence-electron chi connectivity index (χ2n) is 7.01. The first-order chi connectivity index (χ1) is 13.0. The predicted octanol–water partition coefficient (Wildman–Crippen LogP) is 2.43. The molecule has 4 rings (SSSR count). The van der Waals surface area contributed by atoms with E-state index in [9.17, 15) is 9.59 Å². The van der Waals surface area contributed by atoms with E-state index in [0.29, 0.717) is 25.1 Å². The van der Waals surface area contributed by atoms with Gasteiger partial charge in [-0.25, -0.2) is 4.79 Å². The topological polar surface area (TPSA) is 65.5 Å². The smallest absolute Gasteiger partial charge is 0.322 e. The Morgan fingerprint density at radius 3 is 2.63 bits per heavy atom. The maximum absolute atomic E-state index is 13.1. The van der Waals surface area contributed by atoms with Gasteiger partial charge in [0.25, 0.3) is 5.91 Å². The van der Waals surface area contributed by atoms with Crippen molar-refractivity contribution in [1.29, 1.82) is 0 Å².